The lowest BCUT2D eigenvalue weighted by atomic mass is 10.0. The third-order valence-corrected chi connectivity index (χ3v) is 6.61. The molecule has 4 aromatic heterocycles. The molecular formula is C25H26N8O2. The minimum Gasteiger partial charge on any atom is -0.461 e. The van der Waals surface area contributed by atoms with Gasteiger partial charge in [0.1, 0.15) is 11.4 Å². The molecule has 2 aliphatic rings. The summed E-state index contributed by atoms with van der Waals surface area (Å²) in [5.41, 5.74) is 11.6. The second-order valence-electron chi connectivity index (χ2n) is 8.93. The van der Waals surface area contributed by atoms with Crippen LogP contribution in [-0.2, 0) is 26.1 Å². The SMILES string of the molecule is CCn1c2c(n(CCN3CCc4ncc(C)cc4C3)c1=O)N=C(N)c1cc-2nc(-c2ccco2)n1. The van der Waals surface area contributed by atoms with Gasteiger partial charge in [-0.2, -0.15) is 0 Å². The first-order valence-electron chi connectivity index (χ1n) is 11.8. The summed E-state index contributed by atoms with van der Waals surface area (Å²) in [7, 11) is 0. The van der Waals surface area contributed by atoms with Gasteiger partial charge in [0.2, 0.25) is 0 Å². The van der Waals surface area contributed by atoms with Crippen LogP contribution in [0.15, 0.2) is 50.9 Å². The molecule has 0 spiro atoms. The Morgan fingerprint density at radius 3 is 2.80 bits per heavy atom. The normalized spacial score (nSPS) is 14.9. The van der Waals surface area contributed by atoms with Gasteiger partial charge < -0.3 is 10.2 Å². The molecule has 0 saturated heterocycles. The molecule has 35 heavy (non-hydrogen) atoms. The molecule has 2 N–H and O–H groups in total. The third-order valence-electron chi connectivity index (χ3n) is 6.61. The van der Waals surface area contributed by atoms with E-state index in [2.05, 4.69) is 32.9 Å². The molecule has 0 unspecified atom stereocenters. The molecule has 6 heterocycles. The smallest absolute Gasteiger partial charge is 0.330 e. The van der Waals surface area contributed by atoms with Crippen molar-refractivity contribution in [2.24, 2.45) is 10.7 Å². The van der Waals surface area contributed by atoms with E-state index in [-0.39, 0.29) is 11.5 Å². The van der Waals surface area contributed by atoms with Crippen LogP contribution in [0.25, 0.3) is 23.0 Å². The van der Waals surface area contributed by atoms with Gasteiger partial charge in [-0.25, -0.2) is 19.8 Å². The molecule has 0 aliphatic carbocycles. The van der Waals surface area contributed by atoms with E-state index in [1.807, 2.05) is 13.1 Å². The van der Waals surface area contributed by atoms with E-state index in [1.165, 1.54) is 5.56 Å². The molecule has 10 nitrogen and oxygen atoms in total. The van der Waals surface area contributed by atoms with Gasteiger partial charge in [0.25, 0.3) is 0 Å². The summed E-state index contributed by atoms with van der Waals surface area (Å²) < 4.78 is 8.91. The molecule has 0 radical (unpaired) electrons. The average molecular weight is 471 g/mol. The number of rotatable bonds is 5. The van der Waals surface area contributed by atoms with Crippen molar-refractivity contribution in [3.8, 4) is 23.0 Å². The second-order valence-corrected chi connectivity index (χ2v) is 8.93. The van der Waals surface area contributed by atoms with Crippen molar-refractivity contribution in [1.82, 2.24) is 29.0 Å². The summed E-state index contributed by atoms with van der Waals surface area (Å²) in [6.07, 6.45) is 4.40. The number of aryl methyl sites for hydroxylation is 1. The molecule has 10 heteroatoms. The Kier molecular flexibility index (Phi) is 5.10. The van der Waals surface area contributed by atoms with E-state index in [4.69, 9.17) is 15.1 Å². The Bertz CT molecular complexity index is 1510. The van der Waals surface area contributed by atoms with E-state index in [0.717, 1.165) is 30.8 Å². The zero-order valence-corrected chi connectivity index (χ0v) is 19.7. The van der Waals surface area contributed by atoms with E-state index in [1.54, 1.807) is 33.6 Å². The Morgan fingerprint density at radius 1 is 1.14 bits per heavy atom. The number of pyridine rings is 1. The number of imidazole rings is 1. The van der Waals surface area contributed by atoms with Crippen LogP contribution in [0.5, 0.6) is 0 Å². The van der Waals surface area contributed by atoms with Crippen LogP contribution in [-0.4, -0.2) is 47.9 Å². The molecule has 0 atom stereocenters. The highest BCUT2D eigenvalue weighted by Crippen LogP contribution is 2.33. The minimum absolute atomic E-state index is 0.120. The van der Waals surface area contributed by atoms with Crippen molar-refractivity contribution in [1.29, 1.82) is 0 Å². The summed E-state index contributed by atoms with van der Waals surface area (Å²) in [5.74, 6) is 1.71. The second kappa shape index (κ2) is 8.31. The molecule has 6 rings (SSSR count). The molecule has 178 valence electrons. The van der Waals surface area contributed by atoms with Gasteiger partial charge >= 0.3 is 5.69 Å². The van der Waals surface area contributed by atoms with Crippen molar-refractivity contribution in [3.05, 3.63) is 69.7 Å². The van der Waals surface area contributed by atoms with E-state index in [9.17, 15) is 4.79 Å². The summed E-state index contributed by atoms with van der Waals surface area (Å²) >= 11 is 0. The summed E-state index contributed by atoms with van der Waals surface area (Å²) in [5, 5.41) is 0. The van der Waals surface area contributed by atoms with E-state index in [0.29, 0.717) is 54.1 Å². The molecule has 0 amide bonds. The van der Waals surface area contributed by atoms with Crippen LogP contribution in [0.1, 0.15) is 29.4 Å². The Labute approximate surface area is 201 Å². The topological polar surface area (TPSA) is 120 Å². The summed E-state index contributed by atoms with van der Waals surface area (Å²) in [6.45, 7) is 7.42. The van der Waals surface area contributed by atoms with Gasteiger partial charge in [-0.05, 0) is 43.2 Å². The summed E-state index contributed by atoms with van der Waals surface area (Å²) in [6, 6.07) is 7.56. The minimum atomic E-state index is -0.120. The van der Waals surface area contributed by atoms with Gasteiger partial charge in [-0.1, -0.05) is 6.07 Å². The average Bonchev–Trinajstić information content (AvgIpc) is 3.47. The predicted octanol–water partition coefficient (Wildman–Crippen LogP) is 2.50. The monoisotopic (exact) mass is 470 g/mol. The molecular weight excluding hydrogens is 444 g/mol. The zero-order chi connectivity index (χ0) is 24.1. The zero-order valence-electron chi connectivity index (χ0n) is 19.7. The number of aromatic nitrogens is 5. The lowest BCUT2D eigenvalue weighted by Crippen LogP contribution is -2.35. The Hall–Kier alpha value is -4.05. The lowest BCUT2D eigenvalue weighted by molar-refractivity contribution is 0.241. The maximum atomic E-state index is 13.5. The predicted molar refractivity (Wildman–Crippen MR) is 131 cm³/mol. The highest BCUT2D eigenvalue weighted by Gasteiger charge is 2.27. The summed E-state index contributed by atoms with van der Waals surface area (Å²) in [4.78, 5) is 34.3. The van der Waals surface area contributed by atoms with Crippen LogP contribution >= 0.6 is 0 Å². The van der Waals surface area contributed by atoms with Crippen LogP contribution < -0.4 is 11.4 Å². The van der Waals surface area contributed by atoms with Gasteiger partial charge in [0.15, 0.2) is 23.2 Å². The standard InChI is InChI=1S/C25H26N8O2/c1-3-32-21-18-12-19(29-23(28-18)20-5-4-10-35-20)22(26)30-24(21)33(25(32)34)9-8-31-7-6-17-16(14-31)11-15(2)13-27-17/h4-5,10-13H,3,6-9,14H2,1-2H3,(H2,26,30). The fourth-order valence-electron chi connectivity index (χ4n) is 4.86. The molecule has 0 saturated carbocycles. The van der Waals surface area contributed by atoms with Crippen molar-refractivity contribution in [2.75, 3.05) is 13.1 Å². The maximum Gasteiger partial charge on any atom is 0.330 e. The number of hydrogen-bond acceptors (Lipinski definition) is 8. The number of amidine groups is 1. The molecule has 4 aromatic rings. The first-order chi connectivity index (χ1) is 17.0. The van der Waals surface area contributed by atoms with E-state index >= 15 is 0 Å². The molecule has 2 aliphatic heterocycles. The van der Waals surface area contributed by atoms with Crippen LogP contribution in [0.3, 0.4) is 0 Å². The first-order valence-corrected chi connectivity index (χ1v) is 11.8. The molecule has 0 fully saturated rings. The van der Waals surface area contributed by atoms with Crippen molar-refractivity contribution in [2.45, 2.75) is 39.9 Å². The Balaban J connectivity index is 1.36. The largest absolute Gasteiger partial charge is 0.461 e. The molecule has 0 aromatic carbocycles. The van der Waals surface area contributed by atoms with Crippen LogP contribution in [0.2, 0.25) is 0 Å². The van der Waals surface area contributed by atoms with Crippen LogP contribution in [0, 0.1) is 6.92 Å². The fraction of sp³-hybridized carbons (Fsp3) is 0.320. The lowest BCUT2D eigenvalue weighted by Gasteiger charge is -2.28. The van der Waals surface area contributed by atoms with Gasteiger partial charge in [-0.3, -0.25) is 19.0 Å². The van der Waals surface area contributed by atoms with Crippen molar-refractivity contribution < 1.29 is 4.42 Å². The first kappa shape index (κ1) is 21.5. The maximum absolute atomic E-state index is 13.5. The third kappa shape index (κ3) is 3.66. The number of aliphatic imine (C=N–C) groups is 1. The molecule has 2 bridgehead atoms. The fourth-order valence-corrected chi connectivity index (χ4v) is 4.86. The van der Waals surface area contributed by atoms with Crippen molar-refractivity contribution >= 4 is 11.7 Å². The Morgan fingerprint density at radius 2 is 2.00 bits per heavy atom. The number of nitrogens with zero attached hydrogens (tertiary/aromatic N) is 7. The number of nitrogens with two attached hydrogens (primary N) is 1. The highest BCUT2D eigenvalue weighted by atomic mass is 16.3. The van der Waals surface area contributed by atoms with Crippen molar-refractivity contribution in [3.63, 3.8) is 0 Å². The van der Waals surface area contributed by atoms with Gasteiger partial charge in [0.05, 0.1) is 12.0 Å². The van der Waals surface area contributed by atoms with E-state index < -0.39 is 0 Å². The number of furan rings is 1. The highest BCUT2D eigenvalue weighted by molar-refractivity contribution is 6.00. The number of fused-ring (bicyclic) bond motifs is 5. The quantitative estimate of drug-likeness (QED) is 0.476. The van der Waals surface area contributed by atoms with Gasteiger partial charge in [-0.15, -0.1) is 0 Å². The van der Waals surface area contributed by atoms with Crippen LogP contribution in [0.4, 0.5) is 5.82 Å². The van der Waals surface area contributed by atoms with Gasteiger partial charge in [0, 0.05) is 51.0 Å². The number of hydrogen-bond donors (Lipinski definition) is 1.